The molecule has 2 aromatic carbocycles. The van der Waals surface area contributed by atoms with Crippen LogP contribution in [-0.2, 0) is 16.1 Å². The zero-order valence-corrected chi connectivity index (χ0v) is 16.5. The molecular weight excluding hydrogens is 340 g/mol. The molecule has 0 heterocycles. The van der Waals surface area contributed by atoms with Crippen LogP contribution in [0.25, 0.3) is 0 Å². The lowest BCUT2D eigenvalue weighted by atomic mass is 10.1. The lowest BCUT2D eigenvalue weighted by Gasteiger charge is -2.30. The van der Waals surface area contributed by atoms with Gasteiger partial charge in [-0.1, -0.05) is 55.0 Å². The fourth-order valence-corrected chi connectivity index (χ4v) is 3.05. The summed E-state index contributed by atoms with van der Waals surface area (Å²) in [6.45, 7) is 6.12. The lowest BCUT2D eigenvalue weighted by Crippen LogP contribution is -2.49. The van der Waals surface area contributed by atoms with Crippen LogP contribution in [-0.4, -0.2) is 36.4 Å². The van der Waals surface area contributed by atoms with E-state index >= 15 is 0 Å². The van der Waals surface area contributed by atoms with Gasteiger partial charge in [-0.05, 0) is 37.5 Å². The summed E-state index contributed by atoms with van der Waals surface area (Å²) < 4.78 is 5.76. The van der Waals surface area contributed by atoms with Gasteiger partial charge in [-0.25, -0.2) is 0 Å². The number of aryl methyl sites for hydroxylation is 2. The minimum atomic E-state index is -0.537. The molecule has 0 saturated heterocycles. The van der Waals surface area contributed by atoms with Gasteiger partial charge in [0.2, 0.25) is 5.91 Å². The van der Waals surface area contributed by atoms with Crippen LogP contribution in [0, 0.1) is 13.8 Å². The molecule has 0 aliphatic rings. The van der Waals surface area contributed by atoms with Crippen LogP contribution >= 0.6 is 0 Å². The monoisotopic (exact) mass is 368 g/mol. The molecule has 27 heavy (non-hydrogen) atoms. The Balaban J connectivity index is 2.17. The Hall–Kier alpha value is -2.82. The molecule has 0 spiro atoms. The molecule has 0 bridgehead atoms. The van der Waals surface area contributed by atoms with Gasteiger partial charge in [-0.2, -0.15) is 0 Å². The van der Waals surface area contributed by atoms with E-state index in [0.29, 0.717) is 18.7 Å². The van der Waals surface area contributed by atoms with Crippen LogP contribution in [0.4, 0.5) is 0 Å². The van der Waals surface area contributed by atoms with E-state index in [9.17, 15) is 9.59 Å². The first-order valence-electron chi connectivity index (χ1n) is 9.21. The van der Waals surface area contributed by atoms with Crippen LogP contribution in [0.2, 0.25) is 0 Å². The van der Waals surface area contributed by atoms with Crippen molar-refractivity contribution in [3.63, 3.8) is 0 Å². The van der Waals surface area contributed by atoms with Gasteiger partial charge >= 0.3 is 0 Å². The maximum absolute atomic E-state index is 12.9. The summed E-state index contributed by atoms with van der Waals surface area (Å²) >= 11 is 0. The van der Waals surface area contributed by atoms with E-state index in [1.165, 1.54) is 0 Å². The third-order valence-electron chi connectivity index (χ3n) is 4.51. The highest BCUT2D eigenvalue weighted by molar-refractivity contribution is 5.88. The topological polar surface area (TPSA) is 58.6 Å². The van der Waals surface area contributed by atoms with E-state index in [-0.39, 0.29) is 18.4 Å². The number of rotatable bonds is 8. The number of likely N-dealkylation sites (N-methyl/N-ethyl adjacent to an activating group) is 1. The van der Waals surface area contributed by atoms with Crippen molar-refractivity contribution in [1.82, 2.24) is 10.2 Å². The third-order valence-corrected chi connectivity index (χ3v) is 4.51. The Labute approximate surface area is 161 Å². The largest absolute Gasteiger partial charge is 0.483 e. The number of hydrogen-bond donors (Lipinski definition) is 1. The summed E-state index contributed by atoms with van der Waals surface area (Å²) in [5.74, 6) is 0.296. The average Bonchev–Trinajstić information content (AvgIpc) is 2.67. The van der Waals surface area contributed by atoms with Crippen LogP contribution in [0.1, 0.15) is 30.0 Å². The summed E-state index contributed by atoms with van der Waals surface area (Å²) in [7, 11) is 1.59. The number of carbonyl (C=O) groups excluding carboxylic acids is 2. The van der Waals surface area contributed by atoms with Crippen molar-refractivity contribution in [3.8, 4) is 5.75 Å². The van der Waals surface area contributed by atoms with Gasteiger partial charge in [0.25, 0.3) is 5.91 Å². The molecule has 0 fully saturated rings. The molecule has 0 aliphatic heterocycles. The molecule has 0 saturated carbocycles. The van der Waals surface area contributed by atoms with Gasteiger partial charge < -0.3 is 15.0 Å². The van der Waals surface area contributed by atoms with Crippen molar-refractivity contribution in [2.75, 3.05) is 13.7 Å². The van der Waals surface area contributed by atoms with Gasteiger partial charge in [-0.15, -0.1) is 0 Å². The van der Waals surface area contributed by atoms with Crippen molar-refractivity contribution in [2.45, 2.75) is 39.8 Å². The van der Waals surface area contributed by atoms with Gasteiger partial charge in [-0.3, -0.25) is 9.59 Å². The predicted molar refractivity (Wildman–Crippen MR) is 107 cm³/mol. The van der Waals surface area contributed by atoms with Crippen molar-refractivity contribution < 1.29 is 14.3 Å². The fourth-order valence-electron chi connectivity index (χ4n) is 3.05. The number of nitrogens with zero attached hydrogens (tertiary/aromatic N) is 1. The van der Waals surface area contributed by atoms with Crippen LogP contribution < -0.4 is 10.1 Å². The van der Waals surface area contributed by atoms with Gasteiger partial charge in [0.15, 0.2) is 6.61 Å². The number of hydrogen-bond acceptors (Lipinski definition) is 3. The molecular formula is C22H28N2O3. The molecule has 2 amide bonds. The molecule has 0 aliphatic carbocycles. The Kier molecular flexibility index (Phi) is 7.41. The minimum absolute atomic E-state index is 0.107. The number of amides is 2. The number of ether oxygens (including phenoxy) is 1. The van der Waals surface area contributed by atoms with Crippen molar-refractivity contribution in [1.29, 1.82) is 0 Å². The number of benzene rings is 2. The second-order valence-corrected chi connectivity index (χ2v) is 6.60. The van der Waals surface area contributed by atoms with E-state index in [0.717, 1.165) is 16.7 Å². The van der Waals surface area contributed by atoms with Crippen LogP contribution in [0.15, 0.2) is 48.5 Å². The van der Waals surface area contributed by atoms with Gasteiger partial charge in [0, 0.05) is 13.6 Å². The molecule has 144 valence electrons. The molecule has 1 atom stereocenters. The molecule has 2 rings (SSSR count). The summed E-state index contributed by atoms with van der Waals surface area (Å²) in [6, 6.07) is 15.0. The summed E-state index contributed by atoms with van der Waals surface area (Å²) in [5.41, 5.74) is 3.10. The quantitative estimate of drug-likeness (QED) is 0.778. The highest BCUT2D eigenvalue weighted by Gasteiger charge is 2.28. The molecule has 0 unspecified atom stereocenters. The van der Waals surface area contributed by atoms with Crippen LogP contribution in [0.3, 0.4) is 0 Å². The Morgan fingerprint density at radius 2 is 1.81 bits per heavy atom. The Morgan fingerprint density at radius 1 is 1.11 bits per heavy atom. The molecule has 2 aromatic rings. The van der Waals surface area contributed by atoms with Crippen molar-refractivity contribution in [3.05, 3.63) is 65.2 Å². The van der Waals surface area contributed by atoms with Crippen molar-refractivity contribution >= 4 is 11.8 Å². The maximum atomic E-state index is 12.9. The van der Waals surface area contributed by atoms with E-state index in [1.807, 2.05) is 69.3 Å². The Bertz CT molecular complexity index is 774. The van der Waals surface area contributed by atoms with E-state index in [4.69, 9.17) is 4.74 Å². The minimum Gasteiger partial charge on any atom is -0.483 e. The van der Waals surface area contributed by atoms with Gasteiger partial charge in [0.1, 0.15) is 11.8 Å². The molecule has 5 nitrogen and oxygen atoms in total. The first kappa shape index (κ1) is 20.5. The number of nitrogens with one attached hydrogen (secondary N) is 1. The normalized spacial score (nSPS) is 11.6. The fraction of sp³-hybridized carbons (Fsp3) is 0.364. The van der Waals surface area contributed by atoms with E-state index in [2.05, 4.69) is 5.32 Å². The van der Waals surface area contributed by atoms with Crippen LogP contribution in [0.5, 0.6) is 5.75 Å². The van der Waals surface area contributed by atoms with E-state index in [1.54, 1.807) is 11.9 Å². The summed E-state index contributed by atoms with van der Waals surface area (Å²) in [4.78, 5) is 26.8. The van der Waals surface area contributed by atoms with E-state index < -0.39 is 6.04 Å². The molecule has 5 heteroatoms. The highest BCUT2D eigenvalue weighted by Crippen LogP contribution is 2.19. The summed E-state index contributed by atoms with van der Waals surface area (Å²) in [6.07, 6.45) is 0.530. The second kappa shape index (κ2) is 9.76. The lowest BCUT2D eigenvalue weighted by molar-refractivity contribution is -0.142. The SMILES string of the molecule is CC[C@H](C(=O)NC)N(Cc1ccccc1)C(=O)COc1ccc(C)cc1C. The zero-order valence-electron chi connectivity index (χ0n) is 16.5. The summed E-state index contributed by atoms with van der Waals surface area (Å²) in [5, 5.41) is 2.65. The first-order valence-corrected chi connectivity index (χ1v) is 9.21. The Morgan fingerprint density at radius 3 is 2.41 bits per heavy atom. The first-order chi connectivity index (χ1) is 13.0. The maximum Gasteiger partial charge on any atom is 0.261 e. The van der Waals surface area contributed by atoms with Crippen molar-refractivity contribution in [2.24, 2.45) is 0 Å². The average molecular weight is 368 g/mol. The molecule has 0 radical (unpaired) electrons. The highest BCUT2D eigenvalue weighted by atomic mass is 16.5. The second-order valence-electron chi connectivity index (χ2n) is 6.60. The standard InChI is InChI=1S/C22H28N2O3/c1-5-19(22(26)23-4)24(14-18-9-7-6-8-10-18)21(25)15-27-20-12-11-16(2)13-17(20)3/h6-13,19H,5,14-15H2,1-4H3,(H,23,26)/t19-/m1/s1. The predicted octanol–water partition coefficient (Wildman–Crippen LogP) is 3.24. The number of carbonyl (C=O) groups is 2. The smallest absolute Gasteiger partial charge is 0.261 e. The van der Waals surface area contributed by atoms with Gasteiger partial charge in [0.05, 0.1) is 0 Å². The molecule has 0 aromatic heterocycles. The zero-order chi connectivity index (χ0) is 19.8. The molecule has 1 N–H and O–H groups in total. The third kappa shape index (κ3) is 5.58.